The molecule has 1 aromatic carbocycles. The molecule has 0 atom stereocenters. The first kappa shape index (κ1) is 10.8. The van der Waals surface area contributed by atoms with Gasteiger partial charge in [0.25, 0.3) is 6.43 Å². The smallest absolute Gasteiger partial charge is 0.263 e. The molecule has 0 aromatic heterocycles. The molecule has 0 amide bonds. The molecule has 0 saturated heterocycles. The second-order valence-electron chi connectivity index (χ2n) is 4.05. The lowest BCUT2D eigenvalue weighted by molar-refractivity contribution is 0.151. The molecule has 0 heterocycles. The SMILES string of the molecule is NC1(c2ccc(C(F)F)cc2Cl)CCC1. The average Bonchev–Trinajstić information content (AvgIpc) is 2.14. The van der Waals surface area contributed by atoms with Gasteiger partial charge in [0.15, 0.2) is 0 Å². The largest absolute Gasteiger partial charge is 0.321 e. The van der Waals surface area contributed by atoms with Crippen molar-refractivity contribution in [3.63, 3.8) is 0 Å². The number of halogens is 3. The van der Waals surface area contributed by atoms with Crippen LogP contribution in [0.4, 0.5) is 8.78 Å². The Labute approximate surface area is 92.2 Å². The van der Waals surface area contributed by atoms with E-state index in [2.05, 4.69) is 0 Å². The minimum absolute atomic E-state index is 0.0494. The zero-order valence-electron chi connectivity index (χ0n) is 8.14. The summed E-state index contributed by atoms with van der Waals surface area (Å²) < 4.78 is 24.8. The van der Waals surface area contributed by atoms with Gasteiger partial charge in [0.05, 0.1) is 0 Å². The summed E-state index contributed by atoms with van der Waals surface area (Å²) in [6.45, 7) is 0. The standard InChI is InChI=1S/C11H12ClF2N/c12-9-6-7(10(13)14)2-3-8(9)11(15)4-1-5-11/h2-3,6,10H,1,4-5,15H2. The molecule has 1 fully saturated rings. The van der Waals surface area contributed by atoms with Gasteiger partial charge < -0.3 is 5.73 Å². The van der Waals surface area contributed by atoms with Crippen LogP contribution in [-0.2, 0) is 5.54 Å². The highest BCUT2D eigenvalue weighted by atomic mass is 35.5. The Bertz CT molecular complexity index is 375. The van der Waals surface area contributed by atoms with Crippen molar-refractivity contribution in [3.8, 4) is 0 Å². The fraction of sp³-hybridized carbons (Fsp3) is 0.455. The number of rotatable bonds is 2. The summed E-state index contributed by atoms with van der Waals surface area (Å²) in [6, 6.07) is 4.34. The van der Waals surface area contributed by atoms with Crippen molar-refractivity contribution in [2.24, 2.45) is 5.73 Å². The lowest BCUT2D eigenvalue weighted by atomic mass is 9.72. The van der Waals surface area contributed by atoms with Crippen LogP contribution in [0.5, 0.6) is 0 Å². The number of benzene rings is 1. The van der Waals surface area contributed by atoms with Gasteiger partial charge in [-0.2, -0.15) is 0 Å². The summed E-state index contributed by atoms with van der Waals surface area (Å²) >= 11 is 5.96. The fourth-order valence-electron chi connectivity index (χ4n) is 1.90. The van der Waals surface area contributed by atoms with Gasteiger partial charge in [0, 0.05) is 16.1 Å². The second-order valence-corrected chi connectivity index (χ2v) is 4.46. The second kappa shape index (κ2) is 3.72. The first-order valence-corrected chi connectivity index (χ1v) is 5.28. The molecule has 0 aliphatic heterocycles. The molecular formula is C11H12ClF2N. The topological polar surface area (TPSA) is 26.0 Å². The Morgan fingerprint density at radius 1 is 1.33 bits per heavy atom. The molecule has 0 unspecified atom stereocenters. The molecule has 1 aromatic rings. The van der Waals surface area contributed by atoms with Crippen molar-refractivity contribution in [3.05, 3.63) is 34.3 Å². The van der Waals surface area contributed by atoms with Crippen LogP contribution in [0.2, 0.25) is 5.02 Å². The third kappa shape index (κ3) is 1.86. The van der Waals surface area contributed by atoms with Crippen LogP contribution >= 0.6 is 11.6 Å². The van der Waals surface area contributed by atoms with E-state index in [1.54, 1.807) is 6.07 Å². The van der Waals surface area contributed by atoms with E-state index in [0.717, 1.165) is 24.8 Å². The van der Waals surface area contributed by atoms with E-state index in [0.29, 0.717) is 5.02 Å². The summed E-state index contributed by atoms with van der Waals surface area (Å²) in [4.78, 5) is 0. The Hall–Kier alpha value is -0.670. The van der Waals surface area contributed by atoms with Gasteiger partial charge in [-0.3, -0.25) is 0 Å². The van der Waals surface area contributed by atoms with Gasteiger partial charge in [-0.1, -0.05) is 23.7 Å². The summed E-state index contributed by atoms with van der Waals surface area (Å²) in [5, 5.41) is 0.356. The molecule has 1 nitrogen and oxygen atoms in total. The molecular weight excluding hydrogens is 220 g/mol. The lowest BCUT2D eigenvalue weighted by Crippen LogP contribution is -2.43. The molecule has 1 aliphatic rings. The van der Waals surface area contributed by atoms with Crippen LogP contribution in [0.15, 0.2) is 18.2 Å². The van der Waals surface area contributed by atoms with E-state index in [1.807, 2.05) is 0 Å². The summed E-state index contributed by atoms with van der Waals surface area (Å²) in [5.74, 6) is 0. The fourth-order valence-corrected chi connectivity index (χ4v) is 2.28. The van der Waals surface area contributed by atoms with E-state index in [1.165, 1.54) is 12.1 Å². The molecule has 2 rings (SSSR count). The quantitative estimate of drug-likeness (QED) is 0.827. The lowest BCUT2D eigenvalue weighted by Gasteiger charge is -2.39. The van der Waals surface area contributed by atoms with Crippen LogP contribution in [0.25, 0.3) is 0 Å². The maximum atomic E-state index is 12.4. The Morgan fingerprint density at radius 2 is 2.00 bits per heavy atom. The van der Waals surface area contributed by atoms with Crippen molar-refractivity contribution in [1.29, 1.82) is 0 Å². The van der Waals surface area contributed by atoms with Crippen molar-refractivity contribution < 1.29 is 8.78 Å². The predicted octanol–water partition coefficient (Wildman–Crippen LogP) is 3.62. The third-order valence-electron chi connectivity index (χ3n) is 3.03. The monoisotopic (exact) mass is 231 g/mol. The Kier molecular flexibility index (Phi) is 2.69. The molecule has 4 heteroatoms. The average molecular weight is 232 g/mol. The molecule has 2 N–H and O–H groups in total. The number of hydrogen-bond acceptors (Lipinski definition) is 1. The van der Waals surface area contributed by atoms with Crippen LogP contribution in [-0.4, -0.2) is 0 Å². The van der Waals surface area contributed by atoms with E-state index in [9.17, 15) is 8.78 Å². The first-order valence-electron chi connectivity index (χ1n) is 4.90. The zero-order valence-corrected chi connectivity index (χ0v) is 8.90. The first-order chi connectivity index (χ1) is 7.03. The van der Waals surface area contributed by atoms with Gasteiger partial charge >= 0.3 is 0 Å². The highest BCUT2D eigenvalue weighted by Gasteiger charge is 2.36. The van der Waals surface area contributed by atoms with Gasteiger partial charge in [0.2, 0.25) is 0 Å². The highest BCUT2D eigenvalue weighted by Crippen LogP contribution is 2.42. The van der Waals surface area contributed by atoms with Crippen LogP contribution < -0.4 is 5.73 Å². The van der Waals surface area contributed by atoms with Crippen molar-refractivity contribution in [2.75, 3.05) is 0 Å². The predicted molar refractivity (Wildman–Crippen MR) is 56.1 cm³/mol. The molecule has 1 saturated carbocycles. The van der Waals surface area contributed by atoms with E-state index in [4.69, 9.17) is 17.3 Å². The molecule has 0 radical (unpaired) electrons. The van der Waals surface area contributed by atoms with Crippen LogP contribution in [0.3, 0.4) is 0 Å². The molecule has 15 heavy (non-hydrogen) atoms. The minimum atomic E-state index is -2.48. The van der Waals surface area contributed by atoms with Crippen molar-refractivity contribution in [1.82, 2.24) is 0 Å². The van der Waals surface area contributed by atoms with Gasteiger partial charge in [-0.05, 0) is 30.9 Å². The molecule has 1 aliphatic carbocycles. The number of hydrogen-bond donors (Lipinski definition) is 1. The highest BCUT2D eigenvalue weighted by molar-refractivity contribution is 6.31. The summed E-state index contributed by atoms with van der Waals surface area (Å²) in [6.07, 6.45) is 0.344. The number of alkyl halides is 2. The van der Waals surface area contributed by atoms with Gasteiger partial charge in [-0.25, -0.2) is 8.78 Å². The van der Waals surface area contributed by atoms with Crippen LogP contribution in [0, 0.1) is 0 Å². The van der Waals surface area contributed by atoms with Crippen LogP contribution in [0.1, 0.15) is 36.8 Å². The zero-order chi connectivity index (χ0) is 11.1. The van der Waals surface area contributed by atoms with Crippen molar-refractivity contribution in [2.45, 2.75) is 31.2 Å². The van der Waals surface area contributed by atoms with E-state index in [-0.39, 0.29) is 5.56 Å². The van der Waals surface area contributed by atoms with Gasteiger partial charge in [-0.15, -0.1) is 0 Å². The Balaban J connectivity index is 2.34. The molecule has 0 spiro atoms. The summed E-state index contributed by atoms with van der Waals surface area (Å²) in [7, 11) is 0. The normalized spacial score (nSPS) is 19.0. The van der Waals surface area contributed by atoms with Crippen molar-refractivity contribution >= 4 is 11.6 Å². The number of nitrogens with two attached hydrogens (primary N) is 1. The summed E-state index contributed by atoms with van der Waals surface area (Å²) in [5.41, 5.74) is 6.43. The minimum Gasteiger partial charge on any atom is -0.321 e. The third-order valence-corrected chi connectivity index (χ3v) is 3.34. The Morgan fingerprint density at radius 3 is 2.40 bits per heavy atom. The van der Waals surface area contributed by atoms with E-state index < -0.39 is 12.0 Å². The van der Waals surface area contributed by atoms with E-state index >= 15 is 0 Å². The molecule has 0 bridgehead atoms. The maximum absolute atomic E-state index is 12.4. The maximum Gasteiger partial charge on any atom is 0.263 e. The van der Waals surface area contributed by atoms with Gasteiger partial charge in [0.1, 0.15) is 0 Å². The molecule has 82 valence electrons.